The molecule has 2 heteroatoms. The molecule has 0 radical (unpaired) electrons. The predicted molar refractivity (Wildman–Crippen MR) is 84.1 cm³/mol. The maximum atomic E-state index is 2.36. The Morgan fingerprint density at radius 3 is 0.833 bits per heavy atom. The van der Waals surface area contributed by atoms with Gasteiger partial charge >= 0.3 is 0 Å². The molecule has 2 rings (SSSR count). The van der Waals surface area contributed by atoms with E-state index in [0.29, 0.717) is 0 Å². The molecule has 1 aliphatic rings. The van der Waals surface area contributed by atoms with E-state index >= 15 is 0 Å². The minimum Gasteiger partial charge on any atom is -0.304 e. The zero-order valence-corrected chi connectivity index (χ0v) is 13.2. The van der Waals surface area contributed by atoms with E-state index in [1.54, 1.807) is 0 Å². The van der Waals surface area contributed by atoms with E-state index in [4.69, 9.17) is 0 Å². The number of rotatable bonds is 0. The summed E-state index contributed by atoms with van der Waals surface area (Å²) in [6.07, 6.45) is 0. The van der Waals surface area contributed by atoms with Gasteiger partial charge in [0, 0.05) is 26.2 Å². The van der Waals surface area contributed by atoms with Crippen LogP contribution in [0.25, 0.3) is 0 Å². The van der Waals surface area contributed by atoms with E-state index < -0.39 is 0 Å². The first-order valence-electron chi connectivity index (χ1n) is 7.16. The van der Waals surface area contributed by atoms with Crippen LogP contribution in [0, 0.1) is 0 Å². The lowest BCUT2D eigenvalue weighted by Crippen LogP contribution is -2.42. The fourth-order valence-electron chi connectivity index (χ4n) is 1.29. The summed E-state index contributed by atoms with van der Waals surface area (Å²) < 4.78 is 0. The molecular formula is C16H32N2. The molecule has 18 heavy (non-hydrogen) atoms. The topological polar surface area (TPSA) is 6.48 Å². The highest BCUT2D eigenvalue weighted by Gasteiger charge is 2.07. The van der Waals surface area contributed by atoms with E-state index in [1.165, 1.54) is 26.2 Å². The monoisotopic (exact) mass is 252 g/mol. The third kappa shape index (κ3) is 13.2. The van der Waals surface area contributed by atoms with Crippen molar-refractivity contribution >= 4 is 0 Å². The molecule has 0 saturated carbocycles. The molecule has 0 N–H and O–H groups in total. The molecule has 0 amide bonds. The zero-order valence-electron chi connectivity index (χ0n) is 13.2. The largest absolute Gasteiger partial charge is 0.304 e. The number of benzene rings is 1. The fourth-order valence-corrected chi connectivity index (χ4v) is 1.29. The molecule has 0 bridgehead atoms. The third-order valence-corrected chi connectivity index (χ3v) is 2.39. The van der Waals surface area contributed by atoms with Gasteiger partial charge in [0.2, 0.25) is 0 Å². The minimum atomic E-state index is 1.23. The van der Waals surface area contributed by atoms with Crippen LogP contribution in [0.4, 0.5) is 0 Å². The summed E-state index contributed by atoms with van der Waals surface area (Å²) in [4.78, 5) is 4.72. The Morgan fingerprint density at radius 2 is 0.667 bits per heavy atom. The van der Waals surface area contributed by atoms with Gasteiger partial charge in [-0.1, -0.05) is 64.1 Å². The van der Waals surface area contributed by atoms with Gasteiger partial charge in [0.25, 0.3) is 0 Å². The second-order valence-corrected chi connectivity index (χ2v) is 3.76. The van der Waals surface area contributed by atoms with Crippen LogP contribution < -0.4 is 0 Å². The Hall–Kier alpha value is -0.860. The summed E-state index contributed by atoms with van der Waals surface area (Å²) in [5, 5.41) is 0. The molecule has 106 valence electrons. The van der Waals surface area contributed by atoms with Gasteiger partial charge in [-0.05, 0) is 14.1 Å². The van der Waals surface area contributed by atoms with E-state index in [2.05, 4.69) is 23.9 Å². The molecule has 1 aromatic carbocycles. The van der Waals surface area contributed by atoms with Crippen LogP contribution in [-0.2, 0) is 0 Å². The van der Waals surface area contributed by atoms with Gasteiger partial charge < -0.3 is 9.80 Å². The molecule has 0 aliphatic carbocycles. The second kappa shape index (κ2) is 16.1. The first-order valence-corrected chi connectivity index (χ1v) is 7.16. The standard InChI is InChI=1S/C6H14N2.C6H6.2C2H6/c1-7-3-5-8(2)6-4-7;1-2-4-6-5-3-1;2*1-2/h3-6H2,1-2H3;1-6H;2*1-2H3. The lowest BCUT2D eigenvalue weighted by Gasteiger charge is -2.28. The Kier molecular flexibility index (Phi) is 17.5. The van der Waals surface area contributed by atoms with Crippen LogP contribution in [0.1, 0.15) is 27.7 Å². The number of nitrogens with zero attached hydrogens (tertiary/aromatic N) is 2. The highest BCUT2D eigenvalue weighted by atomic mass is 15.2. The van der Waals surface area contributed by atoms with E-state index in [0.717, 1.165) is 0 Å². The first kappa shape index (κ1) is 19.5. The van der Waals surface area contributed by atoms with Crippen molar-refractivity contribution < 1.29 is 0 Å². The van der Waals surface area contributed by atoms with Crippen molar-refractivity contribution in [3.05, 3.63) is 36.4 Å². The van der Waals surface area contributed by atoms with Gasteiger partial charge in [0.15, 0.2) is 0 Å². The zero-order chi connectivity index (χ0) is 14.2. The molecular weight excluding hydrogens is 220 g/mol. The van der Waals surface area contributed by atoms with Crippen molar-refractivity contribution in [2.24, 2.45) is 0 Å². The van der Waals surface area contributed by atoms with Crippen molar-refractivity contribution in [1.29, 1.82) is 0 Å². The fraction of sp³-hybridized carbons (Fsp3) is 0.625. The molecule has 1 heterocycles. The van der Waals surface area contributed by atoms with E-state index in [1.807, 2.05) is 64.1 Å². The van der Waals surface area contributed by atoms with Gasteiger partial charge in [-0.2, -0.15) is 0 Å². The highest BCUT2D eigenvalue weighted by Crippen LogP contribution is 1.93. The summed E-state index contributed by atoms with van der Waals surface area (Å²) in [6, 6.07) is 12.0. The lowest BCUT2D eigenvalue weighted by atomic mass is 10.4. The van der Waals surface area contributed by atoms with Crippen LogP contribution in [0.15, 0.2) is 36.4 Å². The van der Waals surface area contributed by atoms with Gasteiger partial charge in [-0.15, -0.1) is 0 Å². The van der Waals surface area contributed by atoms with Crippen molar-refractivity contribution in [2.45, 2.75) is 27.7 Å². The molecule has 0 unspecified atom stereocenters. The summed E-state index contributed by atoms with van der Waals surface area (Å²) in [5.41, 5.74) is 0. The van der Waals surface area contributed by atoms with Crippen molar-refractivity contribution in [2.75, 3.05) is 40.3 Å². The molecule has 2 nitrogen and oxygen atoms in total. The number of piperazine rings is 1. The van der Waals surface area contributed by atoms with Gasteiger partial charge in [0.05, 0.1) is 0 Å². The van der Waals surface area contributed by atoms with Crippen LogP contribution in [0.5, 0.6) is 0 Å². The molecule has 1 aliphatic heterocycles. The Balaban J connectivity index is 0. The van der Waals surface area contributed by atoms with Gasteiger partial charge in [0.1, 0.15) is 0 Å². The van der Waals surface area contributed by atoms with E-state index in [-0.39, 0.29) is 0 Å². The highest BCUT2D eigenvalue weighted by molar-refractivity contribution is 4.99. The SMILES string of the molecule is CC.CC.CN1CCN(C)CC1.c1ccccc1. The molecule has 1 fully saturated rings. The molecule has 0 aromatic heterocycles. The Morgan fingerprint density at radius 1 is 0.500 bits per heavy atom. The number of likely N-dealkylation sites (N-methyl/N-ethyl adjacent to an activating group) is 2. The lowest BCUT2D eigenvalue weighted by molar-refractivity contribution is 0.181. The molecule has 0 atom stereocenters. The maximum absolute atomic E-state index is 2.36. The summed E-state index contributed by atoms with van der Waals surface area (Å²) in [7, 11) is 4.35. The minimum absolute atomic E-state index is 1.23. The van der Waals surface area contributed by atoms with Crippen molar-refractivity contribution in [1.82, 2.24) is 9.80 Å². The molecule has 0 spiro atoms. The summed E-state index contributed by atoms with van der Waals surface area (Å²) in [5.74, 6) is 0. The second-order valence-electron chi connectivity index (χ2n) is 3.76. The normalized spacial score (nSPS) is 15.0. The molecule has 1 aromatic rings. The first-order chi connectivity index (χ1) is 8.79. The van der Waals surface area contributed by atoms with Crippen LogP contribution in [0.3, 0.4) is 0 Å². The summed E-state index contributed by atoms with van der Waals surface area (Å²) >= 11 is 0. The number of hydrogen-bond donors (Lipinski definition) is 0. The van der Waals surface area contributed by atoms with Crippen molar-refractivity contribution in [3.8, 4) is 0 Å². The predicted octanol–water partition coefficient (Wildman–Crippen LogP) is 3.60. The van der Waals surface area contributed by atoms with Crippen LogP contribution >= 0.6 is 0 Å². The van der Waals surface area contributed by atoms with Crippen LogP contribution in [0.2, 0.25) is 0 Å². The smallest absolute Gasteiger partial charge is 0.0107 e. The summed E-state index contributed by atoms with van der Waals surface area (Å²) in [6.45, 7) is 12.9. The maximum Gasteiger partial charge on any atom is 0.0107 e. The van der Waals surface area contributed by atoms with Crippen molar-refractivity contribution in [3.63, 3.8) is 0 Å². The Labute approximate surface area is 115 Å². The third-order valence-electron chi connectivity index (χ3n) is 2.39. The van der Waals surface area contributed by atoms with Gasteiger partial charge in [-0.25, -0.2) is 0 Å². The average molecular weight is 252 g/mol. The van der Waals surface area contributed by atoms with Gasteiger partial charge in [-0.3, -0.25) is 0 Å². The van der Waals surface area contributed by atoms with E-state index in [9.17, 15) is 0 Å². The quantitative estimate of drug-likeness (QED) is 0.696. The van der Waals surface area contributed by atoms with Crippen LogP contribution in [-0.4, -0.2) is 50.1 Å². The molecule has 1 saturated heterocycles. The number of hydrogen-bond acceptors (Lipinski definition) is 2. The Bertz CT molecular complexity index is 179. The average Bonchev–Trinajstić information content (AvgIpc) is 2.49.